The third-order valence-corrected chi connectivity index (χ3v) is 6.75. The van der Waals surface area contributed by atoms with Crippen LogP contribution in [-0.4, -0.2) is 35.1 Å². The van der Waals surface area contributed by atoms with Crippen molar-refractivity contribution < 1.29 is 4.79 Å². The fourth-order valence-corrected chi connectivity index (χ4v) is 5.15. The monoisotopic (exact) mass is 374 g/mol. The Hall–Kier alpha value is -1.73. The average Bonchev–Trinajstić information content (AvgIpc) is 2.82. The first-order chi connectivity index (χ1) is 12.6. The van der Waals surface area contributed by atoms with Crippen LogP contribution >= 0.6 is 11.3 Å². The lowest BCUT2D eigenvalue weighted by atomic mass is 10.00. The minimum Gasteiger partial charge on any atom is -0.351 e. The molecule has 4 rings (SSSR count). The minimum absolute atomic E-state index is 0.0242. The van der Waals surface area contributed by atoms with E-state index in [4.69, 9.17) is 4.98 Å². The van der Waals surface area contributed by atoms with Crippen LogP contribution in [0.15, 0.2) is 4.79 Å². The van der Waals surface area contributed by atoms with Gasteiger partial charge in [0.05, 0.1) is 10.3 Å². The summed E-state index contributed by atoms with van der Waals surface area (Å²) in [5.74, 6) is 1.29. The highest BCUT2D eigenvalue weighted by atomic mass is 32.1. The number of nitrogens with zero attached hydrogens (tertiary/aromatic N) is 2. The number of hydrogen-bond donors (Lipinski definition) is 2. The van der Waals surface area contributed by atoms with Gasteiger partial charge in [0.15, 0.2) is 0 Å². The van der Waals surface area contributed by atoms with Gasteiger partial charge in [0.1, 0.15) is 10.7 Å². The molecule has 0 aromatic carbocycles. The van der Waals surface area contributed by atoms with E-state index in [0.717, 1.165) is 69.5 Å². The predicted octanol–water partition coefficient (Wildman–Crippen LogP) is 2.22. The molecule has 0 saturated carbocycles. The lowest BCUT2D eigenvalue weighted by molar-refractivity contribution is 0.0948. The molecule has 140 valence electrons. The molecule has 1 amide bonds. The fourth-order valence-electron chi connectivity index (χ4n) is 4.04. The van der Waals surface area contributed by atoms with Crippen molar-refractivity contribution in [2.45, 2.75) is 52.0 Å². The van der Waals surface area contributed by atoms with Crippen LogP contribution in [0.25, 0.3) is 10.2 Å². The molecule has 2 aromatic heterocycles. The van der Waals surface area contributed by atoms with Crippen molar-refractivity contribution in [3.63, 3.8) is 0 Å². The predicted molar refractivity (Wildman–Crippen MR) is 104 cm³/mol. The zero-order chi connectivity index (χ0) is 18.1. The number of thiophene rings is 1. The molecule has 0 aliphatic carbocycles. The molecular weight excluding hydrogens is 348 g/mol. The number of aryl methyl sites for hydroxylation is 2. The van der Waals surface area contributed by atoms with Crippen LogP contribution in [0, 0.1) is 12.8 Å². The fraction of sp³-hybridized carbons (Fsp3) is 0.632. The van der Waals surface area contributed by atoms with Gasteiger partial charge in [-0.05, 0) is 57.2 Å². The normalized spacial score (nSPS) is 20.6. The Kier molecular flexibility index (Phi) is 5.09. The average molecular weight is 375 g/mol. The molecule has 1 atom stereocenters. The van der Waals surface area contributed by atoms with E-state index in [-0.39, 0.29) is 11.5 Å². The molecule has 7 heteroatoms. The third kappa shape index (κ3) is 3.30. The Morgan fingerprint density at radius 1 is 1.35 bits per heavy atom. The summed E-state index contributed by atoms with van der Waals surface area (Å²) in [5, 5.41) is 7.07. The number of aromatic nitrogens is 2. The smallest absolute Gasteiger partial charge is 0.262 e. The van der Waals surface area contributed by atoms with Crippen LogP contribution in [0.2, 0.25) is 0 Å². The summed E-state index contributed by atoms with van der Waals surface area (Å²) in [6.45, 7) is 5.33. The zero-order valence-corrected chi connectivity index (χ0v) is 16.1. The quantitative estimate of drug-likeness (QED) is 0.864. The molecule has 2 N–H and O–H groups in total. The van der Waals surface area contributed by atoms with Crippen molar-refractivity contribution in [3.8, 4) is 0 Å². The topological polar surface area (TPSA) is 76.0 Å². The van der Waals surface area contributed by atoms with Crippen molar-refractivity contribution in [3.05, 3.63) is 26.6 Å². The van der Waals surface area contributed by atoms with Gasteiger partial charge in [-0.15, -0.1) is 11.3 Å². The Morgan fingerprint density at radius 2 is 2.23 bits per heavy atom. The van der Waals surface area contributed by atoms with E-state index in [1.54, 1.807) is 0 Å². The van der Waals surface area contributed by atoms with Gasteiger partial charge in [-0.25, -0.2) is 4.98 Å². The van der Waals surface area contributed by atoms with E-state index >= 15 is 0 Å². The number of fused-ring (bicyclic) bond motifs is 2. The molecule has 4 heterocycles. The maximum absolute atomic E-state index is 13.0. The van der Waals surface area contributed by atoms with E-state index in [0.29, 0.717) is 27.6 Å². The number of carbonyl (C=O) groups is 1. The maximum atomic E-state index is 13.0. The highest BCUT2D eigenvalue weighted by Gasteiger charge is 2.23. The van der Waals surface area contributed by atoms with Crippen molar-refractivity contribution in [1.29, 1.82) is 0 Å². The van der Waals surface area contributed by atoms with Gasteiger partial charge >= 0.3 is 0 Å². The summed E-state index contributed by atoms with van der Waals surface area (Å²) in [7, 11) is 0. The molecule has 2 aromatic rings. The molecule has 1 unspecified atom stereocenters. The SMILES string of the molecule is Cc1c(C(=O)NCC2CCCNC2)sc2nc3n(c(=O)c12)CCCCC3. The van der Waals surface area contributed by atoms with Crippen molar-refractivity contribution in [2.75, 3.05) is 19.6 Å². The lowest BCUT2D eigenvalue weighted by Crippen LogP contribution is -2.38. The number of amides is 1. The number of piperidine rings is 1. The van der Waals surface area contributed by atoms with Crippen LogP contribution in [0.5, 0.6) is 0 Å². The van der Waals surface area contributed by atoms with Gasteiger partial charge in [0.2, 0.25) is 0 Å². The lowest BCUT2D eigenvalue weighted by Gasteiger charge is -2.22. The molecule has 0 spiro atoms. The van der Waals surface area contributed by atoms with Gasteiger partial charge in [-0.1, -0.05) is 6.42 Å². The molecule has 1 saturated heterocycles. The van der Waals surface area contributed by atoms with E-state index < -0.39 is 0 Å². The van der Waals surface area contributed by atoms with Crippen LogP contribution in [0.3, 0.4) is 0 Å². The first-order valence-corrected chi connectivity index (χ1v) is 10.5. The Balaban J connectivity index is 1.61. The van der Waals surface area contributed by atoms with Gasteiger partial charge in [-0.2, -0.15) is 0 Å². The summed E-state index contributed by atoms with van der Waals surface area (Å²) < 4.78 is 1.82. The van der Waals surface area contributed by atoms with Crippen LogP contribution in [0.1, 0.15) is 53.2 Å². The van der Waals surface area contributed by atoms with E-state index in [1.807, 2.05) is 11.5 Å². The van der Waals surface area contributed by atoms with Crippen molar-refractivity contribution >= 4 is 27.5 Å². The molecule has 2 aliphatic rings. The second kappa shape index (κ2) is 7.48. The third-order valence-electron chi connectivity index (χ3n) is 5.57. The Bertz CT molecular complexity index is 880. The second-order valence-electron chi connectivity index (χ2n) is 7.45. The maximum Gasteiger partial charge on any atom is 0.262 e. The molecule has 1 fully saturated rings. The van der Waals surface area contributed by atoms with Crippen LogP contribution < -0.4 is 16.2 Å². The van der Waals surface area contributed by atoms with Gasteiger partial charge < -0.3 is 10.6 Å². The Labute approximate surface area is 157 Å². The molecule has 0 bridgehead atoms. The summed E-state index contributed by atoms with van der Waals surface area (Å²) in [6.07, 6.45) is 6.39. The van der Waals surface area contributed by atoms with Crippen LogP contribution in [-0.2, 0) is 13.0 Å². The second-order valence-corrected chi connectivity index (χ2v) is 8.45. The van der Waals surface area contributed by atoms with E-state index in [9.17, 15) is 9.59 Å². The van der Waals surface area contributed by atoms with Crippen molar-refractivity contribution in [1.82, 2.24) is 20.2 Å². The number of rotatable bonds is 3. The highest BCUT2D eigenvalue weighted by Crippen LogP contribution is 2.28. The van der Waals surface area contributed by atoms with Gasteiger partial charge in [0.25, 0.3) is 11.5 Å². The van der Waals surface area contributed by atoms with Crippen molar-refractivity contribution in [2.24, 2.45) is 5.92 Å². The molecule has 26 heavy (non-hydrogen) atoms. The largest absolute Gasteiger partial charge is 0.351 e. The minimum atomic E-state index is -0.0735. The molecule has 0 radical (unpaired) electrons. The molecular formula is C19H26N4O2S. The molecule has 6 nitrogen and oxygen atoms in total. The van der Waals surface area contributed by atoms with Gasteiger partial charge in [-0.3, -0.25) is 14.2 Å². The Morgan fingerprint density at radius 3 is 3.04 bits per heavy atom. The summed E-state index contributed by atoms with van der Waals surface area (Å²) in [4.78, 5) is 31.8. The number of nitrogens with one attached hydrogen (secondary N) is 2. The van der Waals surface area contributed by atoms with E-state index in [2.05, 4.69) is 10.6 Å². The summed E-state index contributed by atoms with van der Waals surface area (Å²) in [5.41, 5.74) is 0.803. The standard InChI is InChI=1S/C19H26N4O2S/c1-12-15-18(22-14-7-3-2-4-9-23(14)19(15)25)26-16(12)17(24)21-11-13-6-5-8-20-10-13/h13,20H,2-11H2,1H3,(H,21,24). The summed E-state index contributed by atoms with van der Waals surface area (Å²) in [6, 6.07) is 0. The van der Waals surface area contributed by atoms with E-state index in [1.165, 1.54) is 11.3 Å². The first-order valence-electron chi connectivity index (χ1n) is 9.67. The van der Waals surface area contributed by atoms with Gasteiger partial charge in [0, 0.05) is 19.5 Å². The summed E-state index contributed by atoms with van der Waals surface area (Å²) >= 11 is 1.36. The first kappa shape index (κ1) is 17.7. The van der Waals surface area contributed by atoms with Crippen LogP contribution in [0.4, 0.5) is 0 Å². The number of hydrogen-bond acceptors (Lipinski definition) is 5. The zero-order valence-electron chi connectivity index (χ0n) is 15.3. The molecule has 2 aliphatic heterocycles. The number of carbonyl (C=O) groups excluding carboxylic acids is 1. The highest BCUT2D eigenvalue weighted by molar-refractivity contribution is 7.20.